The molecule has 5 aromatic rings. The highest BCUT2D eigenvalue weighted by Crippen LogP contribution is 2.31. The Bertz CT molecular complexity index is 1970. The molecule has 4 heterocycles. The molecule has 1 atom stereocenters. The normalized spacial score (nSPS) is 13.4. The van der Waals surface area contributed by atoms with Crippen molar-refractivity contribution in [3.05, 3.63) is 131 Å². The molecule has 0 saturated carbocycles. The first-order valence-electron chi connectivity index (χ1n) is 16.6. The first-order valence-corrected chi connectivity index (χ1v) is 18.1. The Morgan fingerprint density at radius 3 is 2.00 bits per heavy atom. The number of imidazole rings is 3. The Labute approximate surface area is 331 Å². The van der Waals surface area contributed by atoms with E-state index >= 15 is 0 Å². The molecule has 6 rings (SSSR count). The number of aliphatic hydroxyl groups excluding tert-OH is 1. The fourth-order valence-corrected chi connectivity index (χ4v) is 6.33. The zero-order chi connectivity index (χ0) is 39.2. The quantitative estimate of drug-likeness (QED) is 0.0956. The average Bonchev–Trinajstić information content (AvgIpc) is 3.88. The molecule has 290 valence electrons. The fraction of sp³-hybridized carbons (Fsp3) is 0.382. The molecule has 0 radical (unpaired) electrons. The van der Waals surface area contributed by atoms with E-state index < -0.39 is 4.92 Å². The fourth-order valence-electron chi connectivity index (χ4n) is 5.34. The van der Waals surface area contributed by atoms with Gasteiger partial charge in [0.2, 0.25) is 0 Å². The zero-order valence-corrected chi connectivity index (χ0v) is 32.5. The molecule has 0 aliphatic carbocycles. The standard InChI is InChI=1S/C18H14Cl4N2O.C10H16N4O3.C6H9N3O3/c19-13-2-1-12(16(21)7-13)10-25-18(9-24-6-5-23-11-24)15-4-3-14(20)8-17(15)22;1-9-11-8-10(14(15)16)13(9)3-2-12-4-6-17-7-5-12;1-5-7-4-6(9(11)12)8(5)2-3-10/h1-8,11,18H,9-10H2;8H,2-7H2,1H3;4,10H,2-3H2,1H3. The van der Waals surface area contributed by atoms with Crippen LogP contribution in [0.5, 0.6) is 0 Å². The van der Waals surface area contributed by atoms with Gasteiger partial charge in [0.05, 0.1) is 39.3 Å². The number of morpholine rings is 1. The van der Waals surface area contributed by atoms with Gasteiger partial charge in [-0.1, -0.05) is 58.5 Å². The van der Waals surface area contributed by atoms with Gasteiger partial charge < -0.3 is 39.4 Å². The number of halogens is 4. The smallest absolute Gasteiger partial charge is 0.342 e. The van der Waals surface area contributed by atoms with Gasteiger partial charge >= 0.3 is 11.6 Å². The summed E-state index contributed by atoms with van der Waals surface area (Å²) in [7, 11) is 0. The van der Waals surface area contributed by atoms with E-state index in [0.29, 0.717) is 51.4 Å². The van der Waals surface area contributed by atoms with Crippen LogP contribution >= 0.6 is 46.4 Å². The minimum Gasteiger partial charge on any atom is -0.392 e. The number of hydrogen-bond acceptors (Lipinski definition) is 11. The average molecular weight is 828 g/mol. The van der Waals surface area contributed by atoms with E-state index in [1.165, 1.54) is 17.0 Å². The molecule has 0 spiro atoms. The molecule has 1 aliphatic heterocycles. The van der Waals surface area contributed by atoms with E-state index in [2.05, 4.69) is 19.9 Å². The van der Waals surface area contributed by atoms with Gasteiger partial charge in [-0.05, 0) is 39.7 Å². The summed E-state index contributed by atoms with van der Waals surface area (Å²) in [5, 5.41) is 32.1. The molecule has 0 amide bonds. The SMILES string of the molecule is Cc1ncc([N+](=O)[O-])n1CCN1CCOCC1.Cc1ncc([N+](=O)[O-])n1CCO.Clc1ccc(COC(Cn2ccnc2)c2ccc(Cl)cc2Cl)c(Cl)c1. The number of aromatic nitrogens is 6. The van der Waals surface area contributed by atoms with Gasteiger partial charge in [0.1, 0.15) is 31.6 Å². The summed E-state index contributed by atoms with van der Waals surface area (Å²) in [4.78, 5) is 34.3. The lowest BCUT2D eigenvalue weighted by Gasteiger charge is -2.25. The summed E-state index contributed by atoms with van der Waals surface area (Å²) in [6, 6.07) is 10.7. The van der Waals surface area contributed by atoms with Crippen LogP contribution in [0.1, 0.15) is 28.9 Å². The van der Waals surface area contributed by atoms with Crippen molar-refractivity contribution in [2.24, 2.45) is 0 Å². The third kappa shape index (κ3) is 12.5. The minimum absolute atomic E-state index is 0.0655. The molecule has 54 heavy (non-hydrogen) atoms. The van der Waals surface area contributed by atoms with Gasteiger partial charge in [-0.3, -0.25) is 4.90 Å². The van der Waals surface area contributed by atoms with E-state index in [1.807, 2.05) is 22.9 Å². The van der Waals surface area contributed by atoms with E-state index in [9.17, 15) is 20.2 Å². The molecule has 1 aliphatic rings. The topological polar surface area (TPSA) is 182 Å². The summed E-state index contributed by atoms with van der Waals surface area (Å²) >= 11 is 24.5. The second-order valence-electron chi connectivity index (χ2n) is 11.8. The number of aliphatic hydroxyl groups is 1. The van der Waals surface area contributed by atoms with Crippen LogP contribution < -0.4 is 0 Å². The van der Waals surface area contributed by atoms with Crippen molar-refractivity contribution in [3.63, 3.8) is 0 Å². The number of ether oxygens (including phenoxy) is 2. The molecule has 1 N–H and O–H groups in total. The third-order valence-electron chi connectivity index (χ3n) is 8.21. The van der Waals surface area contributed by atoms with Crippen molar-refractivity contribution in [1.82, 2.24) is 33.6 Å². The predicted molar refractivity (Wildman–Crippen MR) is 204 cm³/mol. The van der Waals surface area contributed by atoms with Gasteiger partial charge in [-0.15, -0.1) is 0 Å². The van der Waals surface area contributed by atoms with Crippen LogP contribution in [0.2, 0.25) is 20.1 Å². The summed E-state index contributed by atoms with van der Waals surface area (Å²) < 4.78 is 16.3. The summed E-state index contributed by atoms with van der Waals surface area (Å²) in [6.07, 6.45) is 7.53. The number of nitro groups is 2. The first-order chi connectivity index (χ1) is 25.9. The van der Waals surface area contributed by atoms with E-state index in [4.69, 9.17) is 61.0 Å². The van der Waals surface area contributed by atoms with Gasteiger partial charge in [0, 0.05) is 71.5 Å². The van der Waals surface area contributed by atoms with E-state index in [1.54, 1.807) is 55.2 Å². The van der Waals surface area contributed by atoms with Gasteiger partial charge in [0.15, 0.2) is 11.6 Å². The van der Waals surface area contributed by atoms with Crippen LogP contribution in [0.15, 0.2) is 67.5 Å². The Morgan fingerprint density at radius 1 is 0.870 bits per heavy atom. The number of benzene rings is 2. The molecule has 1 unspecified atom stereocenters. The second-order valence-corrected chi connectivity index (χ2v) is 13.5. The molecule has 3 aromatic heterocycles. The molecule has 16 nitrogen and oxygen atoms in total. The molecule has 1 saturated heterocycles. The maximum absolute atomic E-state index is 10.8. The Balaban J connectivity index is 0.000000194. The minimum atomic E-state index is -0.518. The molecule has 20 heteroatoms. The molecule has 1 fully saturated rings. The van der Waals surface area contributed by atoms with Crippen LogP contribution in [-0.4, -0.2) is 88.0 Å². The van der Waals surface area contributed by atoms with Crippen LogP contribution in [0.3, 0.4) is 0 Å². The van der Waals surface area contributed by atoms with Gasteiger partial charge in [-0.25, -0.2) is 24.1 Å². The number of rotatable bonds is 13. The van der Waals surface area contributed by atoms with Gasteiger partial charge in [0.25, 0.3) is 0 Å². The molecule has 0 bridgehead atoms. The summed E-state index contributed by atoms with van der Waals surface area (Å²) in [5.74, 6) is 1.21. The summed E-state index contributed by atoms with van der Waals surface area (Å²) in [5.41, 5.74) is 1.71. The van der Waals surface area contributed by atoms with Crippen LogP contribution in [0.25, 0.3) is 0 Å². The maximum atomic E-state index is 10.8. The van der Waals surface area contributed by atoms with E-state index in [-0.39, 0.29) is 35.8 Å². The lowest BCUT2D eigenvalue weighted by atomic mass is 10.1. The highest BCUT2D eigenvalue weighted by Gasteiger charge is 2.20. The van der Waals surface area contributed by atoms with E-state index in [0.717, 1.165) is 44.0 Å². The van der Waals surface area contributed by atoms with Gasteiger partial charge in [-0.2, -0.15) is 0 Å². The largest absolute Gasteiger partial charge is 0.392 e. The van der Waals surface area contributed by atoms with Crippen LogP contribution in [-0.2, 0) is 35.7 Å². The number of nitrogens with zero attached hydrogens (tertiary/aromatic N) is 9. The monoisotopic (exact) mass is 825 g/mol. The van der Waals surface area contributed by atoms with Crippen molar-refractivity contribution >= 4 is 58.0 Å². The van der Waals surface area contributed by atoms with Crippen LogP contribution in [0, 0.1) is 34.1 Å². The second kappa shape index (κ2) is 21.1. The predicted octanol–water partition coefficient (Wildman–Crippen LogP) is 6.98. The van der Waals surface area contributed by atoms with Crippen molar-refractivity contribution < 1.29 is 24.4 Å². The van der Waals surface area contributed by atoms with Crippen molar-refractivity contribution in [3.8, 4) is 0 Å². The molecular formula is C34H39Cl4N9O7. The Kier molecular flexibility index (Phi) is 16.6. The third-order valence-corrected chi connectivity index (χ3v) is 9.36. The van der Waals surface area contributed by atoms with Crippen LogP contribution in [0.4, 0.5) is 11.6 Å². The lowest BCUT2D eigenvalue weighted by molar-refractivity contribution is -0.392. The molecular weight excluding hydrogens is 788 g/mol. The highest BCUT2D eigenvalue weighted by molar-refractivity contribution is 6.35. The van der Waals surface area contributed by atoms with Crippen molar-refractivity contribution in [2.75, 3.05) is 39.5 Å². The van der Waals surface area contributed by atoms with Crippen molar-refractivity contribution in [2.45, 2.75) is 46.2 Å². The van der Waals surface area contributed by atoms with Crippen molar-refractivity contribution in [1.29, 1.82) is 0 Å². The number of aryl methyl sites for hydroxylation is 2. The highest BCUT2D eigenvalue weighted by atomic mass is 35.5. The Hall–Kier alpha value is -4.13. The summed E-state index contributed by atoms with van der Waals surface area (Å²) in [6.45, 7) is 9.07. The molecule has 2 aromatic carbocycles. The zero-order valence-electron chi connectivity index (χ0n) is 29.4. The lowest BCUT2D eigenvalue weighted by Crippen LogP contribution is -2.38. The number of hydrogen-bond donors (Lipinski definition) is 1. The maximum Gasteiger partial charge on any atom is 0.342 e. The Morgan fingerprint density at radius 2 is 1.46 bits per heavy atom. The first kappa shape index (κ1) is 42.6.